The van der Waals surface area contributed by atoms with Gasteiger partial charge in [0, 0.05) is 7.11 Å². The van der Waals surface area contributed by atoms with Gasteiger partial charge in [-0.25, -0.2) is 0 Å². The molecule has 1 aliphatic heterocycles. The number of hydrogen-bond donors (Lipinski definition) is 1. The summed E-state index contributed by atoms with van der Waals surface area (Å²) in [6.07, 6.45) is 0.0454. The van der Waals surface area contributed by atoms with Gasteiger partial charge in [-0.3, -0.25) is 0 Å². The summed E-state index contributed by atoms with van der Waals surface area (Å²) in [6.45, 7) is 7.59. The van der Waals surface area contributed by atoms with Gasteiger partial charge in [0.05, 0.1) is 6.61 Å². The molecule has 14 heavy (non-hydrogen) atoms. The molecule has 0 unspecified atom stereocenters. The highest BCUT2D eigenvalue weighted by Crippen LogP contribution is 2.25. The van der Waals surface area contributed by atoms with E-state index < -0.39 is 18.0 Å². The minimum Gasteiger partial charge on any atom is -0.387 e. The van der Waals surface area contributed by atoms with E-state index in [1.54, 1.807) is 6.08 Å². The van der Waals surface area contributed by atoms with Gasteiger partial charge >= 0.3 is 0 Å². The molecule has 0 aromatic carbocycles. The molecule has 82 valence electrons. The molecule has 4 heteroatoms. The normalized spacial score (nSPS) is 29.9. The van der Waals surface area contributed by atoms with Crippen molar-refractivity contribution >= 4 is 0 Å². The fourth-order valence-corrected chi connectivity index (χ4v) is 1.47. The van der Waals surface area contributed by atoms with Crippen molar-refractivity contribution in [3.05, 3.63) is 12.7 Å². The number of ether oxygens (including phenoxy) is 3. The highest BCUT2D eigenvalue weighted by atomic mass is 16.7. The Kier molecular flexibility index (Phi) is 3.66. The fraction of sp³-hybridized carbons (Fsp3) is 0.800. The van der Waals surface area contributed by atoms with Gasteiger partial charge in [0.25, 0.3) is 0 Å². The Bertz CT molecular complexity index is 202. The van der Waals surface area contributed by atoms with E-state index in [4.69, 9.17) is 14.2 Å². The third-order valence-electron chi connectivity index (χ3n) is 2.25. The molecule has 0 bridgehead atoms. The van der Waals surface area contributed by atoms with Crippen LogP contribution >= 0.6 is 0 Å². The lowest BCUT2D eigenvalue weighted by atomic mass is 10.1. The average Bonchev–Trinajstić information content (AvgIpc) is 2.48. The van der Waals surface area contributed by atoms with E-state index in [9.17, 15) is 5.11 Å². The molecule has 0 aromatic heterocycles. The molecule has 0 radical (unpaired) electrons. The zero-order valence-corrected chi connectivity index (χ0v) is 8.90. The van der Waals surface area contributed by atoms with Crippen LogP contribution in [0.5, 0.6) is 0 Å². The van der Waals surface area contributed by atoms with Crippen LogP contribution in [0, 0.1) is 0 Å². The number of aliphatic hydroxyl groups is 1. The van der Waals surface area contributed by atoms with Crippen LogP contribution in [0.15, 0.2) is 12.7 Å². The lowest BCUT2D eigenvalue weighted by Crippen LogP contribution is -2.39. The van der Waals surface area contributed by atoms with E-state index in [-0.39, 0.29) is 6.10 Å². The third kappa shape index (κ3) is 2.54. The molecule has 4 nitrogen and oxygen atoms in total. The van der Waals surface area contributed by atoms with Gasteiger partial charge in [0.15, 0.2) is 5.79 Å². The van der Waals surface area contributed by atoms with E-state index in [1.807, 2.05) is 13.8 Å². The molecular formula is C10H18O4. The van der Waals surface area contributed by atoms with Gasteiger partial charge in [-0.2, -0.15) is 0 Å². The minimum absolute atomic E-state index is 0.354. The minimum atomic E-state index is -0.737. The molecule has 1 N–H and O–H groups in total. The van der Waals surface area contributed by atoms with Gasteiger partial charge in [0.1, 0.15) is 18.3 Å². The summed E-state index contributed by atoms with van der Waals surface area (Å²) in [5.41, 5.74) is 0. The fourth-order valence-electron chi connectivity index (χ4n) is 1.47. The summed E-state index contributed by atoms with van der Waals surface area (Å²) in [5.74, 6) is -0.620. The van der Waals surface area contributed by atoms with Crippen LogP contribution in [0.3, 0.4) is 0 Å². The van der Waals surface area contributed by atoms with Crippen LogP contribution in [0.1, 0.15) is 13.8 Å². The Morgan fingerprint density at radius 2 is 2.29 bits per heavy atom. The zero-order chi connectivity index (χ0) is 10.8. The summed E-state index contributed by atoms with van der Waals surface area (Å²) < 4.78 is 15.9. The predicted octanol–water partition coefficient (Wildman–Crippen LogP) is 0.700. The lowest BCUT2D eigenvalue weighted by Gasteiger charge is -2.24. The summed E-state index contributed by atoms with van der Waals surface area (Å²) in [5, 5.41) is 9.84. The summed E-state index contributed by atoms with van der Waals surface area (Å²) in [7, 11) is 1.52. The van der Waals surface area contributed by atoms with Crippen LogP contribution in [-0.4, -0.2) is 42.9 Å². The molecule has 1 aliphatic rings. The Morgan fingerprint density at radius 3 is 2.64 bits per heavy atom. The maximum Gasteiger partial charge on any atom is 0.163 e. The highest BCUT2D eigenvalue weighted by Gasteiger charge is 2.39. The van der Waals surface area contributed by atoms with Gasteiger partial charge in [-0.05, 0) is 13.8 Å². The van der Waals surface area contributed by atoms with E-state index in [1.165, 1.54) is 7.11 Å². The Morgan fingerprint density at radius 1 is 1.64 bits per heavy atom. The van der Waals surface area contributed by atoms with Gasteiger partial charge in [-0.1, -0.05) is 6.08 Å². The van der Waals surface area contributed by atoms with Crippen LogP contribution in [0.2, 0.25) is 0 Å². The molecule has 3 atom stereocenters. The van der Waals surface area contributed by atoms with Crippen molar-refractivity contribution in [1.82, 2.24) is 0 Å². The quantitative estimate of drug-likeness (QED) is 0.682. The number of methoxy groups -OCH3 is 1. The third-order valence-corrected chi connectivity index (χ3v) is 2.25. The Hall–Kier alpha value is -0.420. The van der Waals surface area contributed by atoms with Crippen molar-refractivity contribution in [2.24, 2.45) is 0 Å². The van der Waals surface area contributed by atoms with Crippen molar-refractivity contribution in [2.75, 3.05) is 13.7 Å². The first-order chi connectivity index (χ1) is 6.50. The average molecular weight is 202 g/mol. The molecule has 0 spiro atoms. The molecule has 1 saturated heterocycles. The van der Waals surface area contributed by atoms with Gasteiger partial charge in [0.2, 0.25) is 0 Å². The van der Waals surface area contributed by atoms with Crippen LogP contribution in [-0.2, 0) is 14.2 Å². The van der Waals surface area contributed by atoms with Crippen molar-refractivity contribution in [3.8, 4) is 0 Å². The summed E-state index contributed by atoms with van der Waals surface area (Å²) in [4.78, 5) is 0. The van der Waals surface area contributed by atoms with Crippen LogP contribution in [0.4, 0.5) is 0 Å². The molecule has 1 heterocycles. The first-order valence-electron chi connectivity index (χ1n) is 4.65. The van der Waals surface area contributed by atoms with E-state index in [0.717, 1.165) is 0 Å². The summed E-state index contributed by atoms with van der Waals surface area (Å²) in [6, 6.07) is 0. The second-order valence-electron chi connectivity index (χ2n) is 3.79. The van der Waals surface area contributed by atoms with Gasteiger partial charge < -0.3 is 19.3 Å². The second kappa shape index (κ2) is 4.40. The van der Waals surface area contributed by atoms with E-state index in [2.05, 4.69) is 6.58 Å². The monoisotopic (exact) mass is 202 g/mol. The summed E-state index contributed by atoms with van der Waals surface area (Å²) >= 11 is 0. The van der Waals surface area contributed by atoms with Crippen molar-refractivity contribution in [3.63, 3.8) is 0 Å². The second-order valence-corrected chi connectivity index (χ2v) is 3.79. The predicted molar refractivity (Wildman–Crippen MR) is 51.9 cm³/mol. The largest absolute Gasteiger partial charge is 0.387 e. The smallest absolute Gasteiger partial charge is 0.163 e. The van der Waals surface area contributed by atoms with Crippen molar-refractivity contribution in [1.29, 1.82) is 0 Å². The van der Waals surface area contributed by atoms with Crippen molar-refractivity contribution in [2.45, 2.75) is 37.9 Å². The number of hydrogen-bond acceptors (Lipinski definition) is 4. The molecule has 0 aromatic rings. The number of aliphatic hydroxyl groups excluding tert-OH is 1. The molecule has 0 aliphatic carbocycles. The first-order valence-corrected chi connectivity index (χ1v) is 4.65. The lowest BCUT2D eigenvalue weighted by molar-refractivity contribution is -0.159. The topological polar surface area (TPSA) is 47.9 Å². The molecule has 0 amide bonds. The molecular weight excluding hydrogens is 184 g/mol. The standard InChI is InChI=1S/C10H18O4/c1-5-7(12-4)9(11)8-6-13-10(2,3)14-8/h5,7-9,11H,1,6H2,2-4H3/t7-,8-,9+/m0/s1. The van der Waals surface area contributed by atoms with Crippen molar-refractivity contribution < 1.29 is 19.3 Å². The SMILES string of the molecule is C=C[C@H](OC)[C@@H](O)[C@@H]1COC(C)(C)O1. The maximum absolute atomic E-state index is 9.84. The van der Waals surface area contributed by atoms with Gasteiger partial charge in [-0.15, -0.1) is 6.58 Å². The number of rotatable bonds is 4. The molecule has 0 saturated carbocycles. The molecule has 1 fully saturated rings. The Balaban J connectivity index is 2.54. The molecule has 1 rings (SSSR count). The van der Waals surface area contributed by atoms with Crippen LogP contribution in [0.25, 0.3) is 0 Å². The van der Waals surface area contributed by atoms with Crippen LogP contribution < -0.4 is 0 Å². The Labute approximate surface area is 84.5 Å². The van der Waals surface area contributed by atoms with E-state index >= 15 is 0 Å². The first kappa shape index (κ1) is 11.7. The van der Waals surface area contributed by atoms with E-state index in [0.29, 0.717) is 6.61 Å². The highest BCUT2D eigenvalue weighted by molar-refractivity contribution is 4.92. The maximum atomic E-state index is 9.84. The zero-order valence-electron chi connectivity index (χ0n) is 8.90.